The Labute approximate surface area is 117 Å². The van der Waals surface area contributed by atoms with Crippen molar-refractivity contribution in [3.05, 3.63) is 0 Å². The standard InChI is InChI=1S/C11H21N7O2/c1-2-19-6-3-13-9-14-10(17-12)16-11(15-9)18-4-7-20-8-5-18/h2-8,12H2,1H3,(H2,13,14,15,16,17). The van der Waals surface area contributed by atoms with Crippen molar-refractivity contribution in [1.29, 1.82) is 0 Å². The second-order valence-electron chi connectivity index (χ2n) is 4.15. The summed E-state index contributed by atoms with van der Waals surface area (Å²) in [5, 5.41) is 3.09. The molecular weight excluding hydrogens is 262 g/mol. The summed E-state index contributed by atoms with van der Waals surface area (Å²) in [6, 6.07) is 0. The average Bonchev–Trinajstić information content (AvgIpc) is 2.52. The lowest BCUT2D eigenvalue weighted by molar-refractivity contribution is 0.122. The number of rotatable bonds is 7. The number of morpholine rings is 1. The van der Waals surface area contributed by atoms with Gasteiger partial charge in [0.1, 0.15) is 0 Å². The van der Waals surface area contributed by atoms with Gasteiger partial charge in [-0.15, -0.1) is 0 Å². The fraction of sp³-hybridized carbons (Fsp3) is 0.727. The van der Waals surface area contributed by atoms with Gasteiger partial charge >= 0.3 is 0 Å². The molecule has 112 valence electrons. The predicted octanol–water partition coefficient (Wildman–Crippen LogP) is -0.558. The van der Waals surface area contributed by atoms with Gasteiger partial charge in [-0.05, 0) is 6.92 Å². The van der Waals surface area contributed by atoms with E-state index in [-0.39, 0.29) is 0 Å². The molecule has 1 fully saturated rings. The van der Waals surface area contributed by atoms with Crippen LogP contribution in [0.15, 0.2) is 0 Å². The van der Waals surface area contributed by atoms with Gasteiger partial charge < -0.3 is 19.7 Å². The van der Waals surface area contributed by atoms with Crippen LogP contribution in [0.2, 0.25) is 0 Å². The van der Waals surface area contributed by atoms with Crippen molar-refractivity contribution >= 4 is 17.8 Å². The number of nitrogens with one attached hydrogen (secondary N) is 2. The molecule has 1 saturated heterocycles. The summed E-state index contributed by atoms with van der Waals surface area (Å²) >= 11 is 0. The van der Waals surface area contributed by atoms with E-state index < -0.39 is 0 Å². The van der Waals surface area contributed by atoms with Crippen molar-refractivity contribution in [2.24, 2.45) is 5.84 Å². The molecule has 0 aliphatic carbocycles. The van der Waals surface area contributed by atoms with Crippen molar-refractivity contribution in [3.63, 3.8) is 0 Å². The van der Waals surface area contributed by atoms with E-state index in [2.05, 4.69) is 25.7 Å². The molecule has 0 atom stereocenters. The van der Waals surface area contributed by atoms with Crippen LogP contribution in [0.1, 0.15) is 6.92 Å². The first-order chi connectivity index (χ1) is 9.83. The van der Waals surface area contributed by atoms with Crippen LogP contribution < -0.4 is 21.5 Å². The Morgan fingerprint density at radius 1 is 1.25 bits per heavy atom. The van der Waals surface area contributed by atoms with Crippen LogP contribution >= 0.6 is 0 Å². The van der Waals surface area contributed by atoms with Crippen LogP contribution in [0.25, 0.3) is 0 Å². The molecule has 1 aliphatic rings. The van der Waals surface area contributed by atoms with Crippen LogP contribution in [0.5, 0.6) is 0 Å². The summed E-state index contributed by atoms with van der Waals surface area (Å²) in [6.45, 7) is 6.72. The predicted molar refractivity (Wildman–Crippen MR) is 75.7 cm³/mol. The third kappa shape index (κ3) is 4.15. The summed E-state index contributed by atoms with van der Waals surface area (Å²) in [5.41, 5.74) is 2.46. The third-order valence-corrected chi connectivity index (χ3v) is 2.78. The maximum atomic E-state index is 5.40. The van der Waals surface area contributed by atoms with Gasteiger partial charge in [-0.3, -0.25) is 5.43 Å². The lowest BCUT2D eigenvalue weighted by Gasteiger charge is -2.27. The van der Waals surface area contributed by atoms with E-state index in [9.17, 15) is 0 Å². The number of nitrogens with two attached hydrogens (primary N) is 1. The SMILES string of the molecule is CCOCCNc1nc(NN)nc(N2CCOCC2)n1. The largest absolute Gasteiger partial charge is 0.380 e. The van der Waals surface area contributed by atoms with Gasteiger partial charge in [0.25, 0.3) is 0 Å². The lowest BCUT2D eigenvalue weighted by atomic mass is 10.4. The summed E-state index contributed by atoms with van der Waals surface area (Å²) in [6.07, 6.45) is 0. The summed E-state index contributed by atoms with van der Waals surface area (Å²) in [7, 11) is 0. The zero-order valence-corrected chi connectivity index (χ0v) is 11.6. The van der Waals surface area contributed by atoms with Gasteiger partial charge in [0, 0.05) is 26.2 Å². The molecule has 9 heteroatoms. The molecule has 9 nitrogen and oxygen atoms in total. The third-order valence-electron chi connectivity index (χ3n) is 2.78. The molecule has 0 aromatic carbocycles. The summed E-state index contributed by atoms with van der Waals surface area (Å²) in [4.78, 5) is 14.9. The maximum Gasteiger partial charge on any atom is 0.243 e. The van der Waals surface area contributed by atoms with Crippen molar-refractivity contribution < 1.29 is 9.47 Å². The van der Waals surface area contributed by atoms with Crippen LogP contribution in [-0.2, 0) is 9.47 Å². The number of nitrogen functional groups attached to an aromatic ring is 1. The first-order valence-corrected chi connectivity index (χ1v) is 6.70. The first kappa shape index (κ1) is 14.7. The van der Waals surface area contributed by atoms with E-state index >= 15 is 0 Å². The van der Waals surface area contributed by atoms with E-state index in [0.717, 1.165) is 13.1 Å². The monoisotopic (exact) mass is 283 g/mol. The number of ether oxygens (including phenoxy) is 2. The highest BCUT2D eigenvalue weighted by atomic mass is 16.5. The number of hydrogen-bond acceptors (Lipinski definition) is 9. The minimum Gasteiger partial charge on any atom is -0.380 e. The molecule has 1 aromatic rings. The Kier molecular flexibility index (Phi) is 5.71. The fourth-order valence-electron chi connectivity index (χ4n) is 1.79. The Hall–Kier alpha value is -1.71. The van der Waals surface area contributed by atoms with Crippen molar-refractivity contribution in [3.8, 4) is 0 Å². The molecule has 0 amide bonds. The molecule has 2 rings (SSSR count). The zero-order chi connectivity index (χ0) is 14.2. The molecule has 20 heavy (non-hydrogen) atoms. The Bertz CT molecular complexity index is 412. The van der Waals surface area contributed by atoms with Crippen molar-refractivity contribution in [2.75, 3.05) is 61.7 Å². The first-order valence-electron chi connectivity index (χ1n) is 6.70. The normalized spacial score (nSPS) is 15.2. The molecule has 2 heterocycles. The van der Waals surface area contributed by atoms with Crippen molar-refractivity contribution in [1.82, 2.24) is 15.0 Å². The molecular formula is C11H21N7O2. The smallest absolute Gasteiger partial charge is 0.243 e. The average molecular weight is 283 g/mol. The Morgan fingerprint density at radius 3 is 2.70 bits per heavy atom. The van der Waals surface area contributed by atoms with Crippen molar-refractivity contribution in [2.45, 2.75) is 6.92 Å². The van der Waals surface area contributed by atoms with E-state index in [4.69, 9.17) is 15.3 Å². The molecule has 1 aromatic heterocycles. The number of hydrazine groups is 1. The highest BCUT2D eigenvalue weighted by molar-refractivity contribution is 5.43. The van der Waals surface area contributed by atoms with Gasteiger partial charge in [0.05, 0.1) is 19.8 Å². The lowest BCUT2D eigenvalue weighted by Crippen LogP contribution is -2.37. The second kappa shape index (κ2) is 7.78. The van der Waals surface area contributed by atoms with Gasteiger partial charge in [-0.1, -0.05) is 0 Å². The quantitative estimate of drug-likeness (QED) is 0.344. The highest BCUT2D eigenvalue weighted by Crippen LogP contribution is 2.14. The highest BCUT2D eigenvalue weighted by Gasteiger charge is 2.16. The van der Waals surface area contributed by atoms with E-state index in [0.29, 0.717) is 50.8 Å². The van der Waals surface area contributed by atoms with Gasteiger partial charge in [-0.25, -0.2) is 5.84 Å². The minimum atomic E-state index is 0.334. The fourth-order valence-corrected chi connectivity index (χ4v) is 1.79. The van der Waals surface area contributed by atoms with E-state index in [1.807, 2.05) is 11.8 Å². The van der Waals surface area contributed by atoms with Gasteiger partial charge in [0.15, 0.2) is 0 Å². The zero-order valence-electron chi connectivity index (χ0n) is 11.6. The number of hydrogen-bond donors (Lipinski definition) is 3. The minimum absolute atomic E-state index is 0.334. The second-order valence-corrected chi connectivity index (χ2v) is 4.15. The van der Waals surface area contributed by atoms with E-state index in [1.165, 1.54) is 0 Å². The molecule has 0 spiro atoms. The van der Waals surface area contributed by atoms with Crippen LogP contribution in [0.3, 0.4) is 0 Å². The number of nitrogens with zero attached hydrogens (tertiary/aromatic N) is 4. The molecule has 0 unspecified atom stereocenters. The Balaban J connectivity index is 2.03. The molecule has 4 N–H and O–H groups in total. The molecule has 0 bridgehead atoms. The molecule has 0 saturated carbocycles. The van der Waals surface area contributed by atoms with Gasteiger partial charge in [-0.2, -0.15) is 15.0 Å². The molecule has 0 radical (unpaired) electrons. The maximum absolute atomic E-state index is 5.40. The van der Waals surface area contributed by atoms with E-state index in [1.54, 1.807) is 0 Å². The van der Waals surface area contributed by atoms with Crippen LogP contribution in [-0.4, -0.2) is 61.0 Å². The summed E-state index contributed by atoms with van der Waals surface area (Å²) in [5.74, 6) is 6.80. The number of anilines is 3. The summed E-state index contributed by atoms with van der Waals surface area (Å²) < 4.78 is 10.6. The topological polar surface area (TPSA) is 110 Å². The number of aromatic nitrogens is 3. The van der Waals surface area contributed by atoms with Crippen LogP contribution in [0, 0.1) is 0 Å². The van der Waals surface area contributed by atoms with Crippen LogP contribution in [0.4, 0.5) is 17.8 Å². The molecule has 1 aliphatic heterocycles. The van der Waals surface area contributed by atoms with Gasteiger partial charge in [0.2, 0.25) is 17.8 Å². The Morgan fingerprint density at radius 2 is 2.00 bits per heavy atom.